The quantitative estimate of drug-likeness (QED) is 0.553. The molecule has 0 radical (unpaired) electrons. The monoisotopic (exact) mass is 391 g/mol. The van der Waals surface area contributed by atoms with Crippen molar-refractivity contribution in [1.29, 1.82) is 0 Å². The molecule has 4 aromatic rings. The molecule has 0 unspecified atom stereocenters. The van der Waals surface area contributed by atoms with Crippen molar-refractivity contribution in [3.8, 4) is 0 Å². The van der Waals surface area contributed by atoms with Crippen molar-refractivity contribution in [3.63, 3.8) is 0 Å². The molecule has 0 spiro atoms. The molecule has 0 bridgehead atoms. The van der Waals surface area contributed by atoms with E-state index in [0.717, 1.165) is 16.7 Å². The number of carbonyl (C=O) groups is 2. The second-order valence-electron chi connectivity index (χ2n) is 6.27. The van der Waals surface area contributed by atoms with Crippen molar-refractivity contribution in [2.75, 3.05) is 10.6 Å². The van der Waals surface area contributed by atoms with Crippen molar-refractivity contribution >= 4 is 45.6 Å². The fourth-order valence-corrected chi connectivity index (χ4v) is 3.50. The summed E-state index contributed by atoms with van der Waals surface area (Å²) in [5.74, 6) is -0.419. The largest absolute Gasteiger partial charge is 0.321 e. The summed E-state index contributed by atoms with van der Waals surface area (Å²) in [6.07, 6.45) is 1.61. The summed E-state index contributed by atoms with van der Waals surface area (Å²) in [6, 6.07) is 12.2. The Balaban J connectivity index is 1.46. The van der Waals surface area contributed by atoms with Crippen molar-refractivity contribution in [2.45, 2.75) is 6.92 Å². The SMILES string of the molecule is Cc1nn(C)c2ncc(NC(=O)c3ccc(NC(=O)c4cccs4)cc3)cc12. The minimum atomic E-state index is -0.251. The van der Waals surface area contributed by atoms with Crippen molar-refractivity contribution in [3.05, 3.63) is 70.2 Å². The molecule has 0 aliphatic carbocycles. The Labute approximate surface area is 165 Å². The van der Waals surface area contributed by atoms with Gasteiger partial charge in [0.05, 0.1) is 22.5 Å². The summed E-state index contributed by atoms with van der Waals surface area (Å²) in [7, 11) is 1.83. The number of thiophene rings is 1. The van der Waals surface area contributed by atoms with Crippen molar-refractivity contribution < 1.29 is 9.59 Å². The molecule has 2 amide bonds. The van der Waals surface area contributed by atoms with Gasteiger partial charge in [-0.15, -0.1) is 11.3 Å². The maximum Gasteiger partial charge on any atom is 0.265 e. The van der Waals surface area contributed by atoms with Gasteiger partial charge in [0.2, 0.25) is 0 Å². The van der Waals surface area contributed by atoms with Crippen molar-refractivity contribution in [1.82, 2.24) is 14.8 Å². The number of benzene rings is 1. The highest BCUT2D eigenvalue weighted by Crippen LogP contribution is 2.20. The van der Waals surface area contributed by atoms with E-state index in [4.69, 9.17) is 0 Å². The normalized spacial score (nSPS) is 10.8. The number of anilines is 2. The smallest absolute Gasteiger partial charge is 0.265 e. The van der Waals surface area contributed by atoms with Crippen LogP contribution in [0.1, 0.15) is 25.7 Å². The number of carbonyl (C=O) groups excluding carboxylic acids is 2. The molecule has 0 saturated carbocycles. The van der Waals surface area contributed by atoms with Gasteiger partial charge in [-0.3, -0.25) is 14.3 Å². The number of nitrogens with one attached hydrogen (secondary N) is 2. The first-order valence-corrected chi connectivity index (χ1v) is 9.45. The predicted octanol–water partition coefficient (Wildman–Crippen LogP) is 3.84. The zero-order chi connectivity index (χ0) is 19.7. The lowest BCUT2D eigenvalue weighted by Gasteiger charge is -2.07. The van der Waals surface area contributed by atoms with E-state index in [0.29, 0.717) is 21.8 Å². The number of aromatic nitrogens is 3. The second kappa shape index (κ2) is 7.24. The number of aryl methyl sites for hydroxylation is 2. The molecule has 2 N–H and O–H groups in total. The average Bonchev–Trinajstić information content (AvgIpc) is 3.31. The van der Waals surface area contributed by atoms with Gasteiger partial charge >= 0.3 is 0 Å². The van der Waals surface area contributed by atoms with E-state index >= 15 is 0 Å². The first-order valence-electron chi connectivity index (χ1n) is 8.57. The van der Waals surface area contributed by atoms with E-state index in [2.05, 4.69) is 20.7 Å². The van der Waals surface area contributed by atoms with E-state index in [1.54, 1.807) is 41.2 Å². The molecule has 140 valence electrons. The molecule has 0 saturated heterocycles. The predicted molar refractivity (Wildman–Crippen MR) is 110 cm³/mol. The summed E-state index contributed by atoms with van der Waals surface area (Å²) in [6.45, 7) is 1.90. The number of pyridine rings is 1. The summed E-state index contributed by atoms with van der Waals surface area (Å²) < 4.78 is 1.71. The van der Waals surface area contributed by atoms with Gasteiger partial charge in [-0.25, -0.2) is 4.98 Å². The minimum Gasteiger partial charge on any atom is -0.321 e. The summed E-state index contributed by atoms with van der Waals surface area (Å²) in [5.41, 5.74) is 3.33. The minimum absolute atomic E-state index is 0.168. The Kier molecular flexibility index (Phi) is 4.62. The van der Waals surface area contributed by atoms with Gasteiger partial charge in [0.1, 0.15) is 0 Å². The van der Waals surface area contributed by atoms with Gasteiger partial charge in [0.15, 0.2) is 5.65 Å². The van der Waals surface area contributed by atoms with E-state index in [9.17, 15) is 9.59 Å². The third kappa shape index (κ3) is 3.49. The Morgan fingerprint density at radius 1 is 1.04 bits per heavy atom. The lowest BCUT2D eigenvalue weighted by Crippen LogP contribution is -2.13. The van der Waals surface area contributed by atoms with Crippen LogP contribution in [0.2, 0.25) is 0 Å². The lowest BCUT2D eigenvalue weighted by molar-refractivity contribution is 0.102. The third-order valence-corrected chi connectivity index (χ3v) is 5.14. The van der Waals surface area contributed by atoms with Gasteiger partial charge in [-0.1, -0.05) is 6.07 Å². The Hall–Kier alpha value is -3.52. The molecule has 8 heteroatoms. The van der Waals surface area contributed by atoms with E-state index < -0.39 is 0 Å². The molecule has 0 atom stereocenters. The maximum atomic E-state index is 12.5. The maximum absolute atomic E-state index is 12.5. The highest BCUT2D eigenvalue weighted by molar-refractivity contribution is 7.12. The number of rotatable bonds is 4. The lowest BCUT2D eigenvalue weighted by atomic mass is 10.2. The molecular formula is C20H17N5O2S. The molecular weight excluding hydrogens is 374 g/mol. The van der Waals surface area contributed by atoms with Crippen LogP contribution in [0.15, 0.2) is 54.0 Å². The number of hydrogen-bond acceptors (Lipinski definition) is 5. The number of fused-ring (bicyclic) bond motifs is 1. The van der Waals surface area contributed by atoms with E-state index in [-0.39, 0.29) is 11.8 Å². The standard InChI is InChI=1S/C20H17N5O2S/c1-12-16-10-15(11-21-18(16)25(2)24-12)23-19(26)13-5-7-14(8-6-13)22-20(27)17-4-3-9-28-17/h3-11H,1-2H3,(H,22,27)(H,23,26). The summed E-state index contributed by atoms with van der Waals surface area (Å²) in [4.78, 5) is 29.6. The van der Waals surface area contributed by atoms with Gasteiger partial charge in [-0.2, -0.15) is 5.10 Å². The fraction of sp³-hybridized carbons (Fsp3) is 0.100. The zero-order valence-electron chi connectivity index (χ0n) is 15.3. The third-order valence-electron chi connectivity index (χ3n) is 4.27. The molecule has 4 rings (SSSR count). The molecule has 28 heavy (non-hydrogen) atoms. The topological polar surface area (TPSA) is 88.9 Å². The molecule has 3 heterocycles. The Morgan fingerprint density at radius 2 is 1.79 bits per heavy atom. The number of hydrogen-bond donors (Lipinski definition) is 2. The number of amides is 2. The van der Waals surface area contributed by atoms with Gasteiger partial charge in [0.25, 0.3) is 11.8 Å². The van der Waals surface area contributed by atoms with Crippen LogP contribution in [-0.4, -0.2) is 26.6 Å². The summed E-state index contributed by atoms with van der Waals surface area (Å²) >= 11 is 1.37. The molecule has 7 nitrogen and oxygen atoms in total. The van der Waals surface area contributed by atoms with Crippen LogP contribution in [0.25, 0.3) is 11.0 Å². The molecule has 0 fully saturated rings. The second-order valence-corrected chi connectivity index (χ2v) is 7.21. The number of nitrogens with zero attached hydrogens (tertiary/aromatic N) is 3. The summed E-state index contributed by atoms with van der Waals surface area (Å²) in [5, 5.41) is 12.7. The highest BCUT2D eigenvalue weighted by Gasteiger charge is 2.11. The van der Waals surface area contributed by atoms with E-state index in [1.807, 2.05) is 31.5 Å². The average molecular weight is 391 g/mol. The van der Waals surface area contributed by atoms with Gasteiger partial charge in [-0.05, 0) is 48.7 Å². The first-order chi connectivity index (χ1) is 13.5. The van der Waals surface area contributed by atoms with Gasteiger partial charge < -0.3 is 10.6 Å². The molecule has 0 aliphatic rings. The first kappa shape index (κ1) is 17.9. The van der Waals surface area contributed by atoms with Crippen LogP contribution >= 0.6 is 11.3 Å². The zero-order valence-corrected chi connectivity index (χ0v) is 16.1. The fourth-order valence-electron chi connectivity index (χ4n) is 2.88. The molecule has 3 aromatic heterocycles. The molecule has 0 aliphatic heterocycles. The van der Waals surface area contributed by atoms with Crippen LogP contribution in [0, 0.1) is 6.92 Å². The van der Waals surface area contributed by atoms with Crippen LogP contribution in [0.4, 0.5) is 11.4 Å². The van der Waals surface area contributed by atoms with Crippen LogP contribution in [-0.2, 0) is 7.05 Å². The Bertz CT molecular complexity index is 1160. The van der Waals surface area contributed by atoms with Crippen LogP contribution in [0.3, 0.4) is 0 Å². The van der Waals surface area contributed by atoms with Gasteiger partial charge in [0, 0.05) is 23.7 Å². The Morgan fingerprint density at radius 3 is 2.50 bits per heavy atom. The molecule has 1 aromatic carbocycles. The van der Waals surface area contributed by atoms with E-state index in [1.165, 1.54) is 11.3 Å². The van der Waals surface area contributed by atoms with Crippen molar-refractivity contribution in [2.24, 2.45) is 7.05 Å². The van der Waals surface area contributed by atoms with Crippen LogP contribution in [0.5, 0.6) is 0 Å². The highest BCUT2D eigenvalue weighted by atomic mass is 32.1. The van der Waals surface area contributed by atoms with Crippen LogP contribution < -0.4 is 10.6 Å².